The van der Waals surface area contributed by atoms with E-state index in [2.05, 4.69) is 4.72 Å². The molecule has 0 spiro atoms. The summed E-state index contributed by atoms with van der Waals surface area (Å²) in [5, 5.41) is 0. The fourth-order valence-electron chi connectivity index (χ4n) is 3.09. The zero-order chi connectivity index (χ0) is 18.9. The van der Waals surface area contributed by atoms with E-state index in [1.165, 1.54) is 7.11 Å². The number of nitrogens with one attached hydrogen (secondary N) is 1. The van der Waals surface area contributed by atoms with Gasteiger partial charge in [0.25, 0.3) is 10.0 Å². The third-order valence-corrected chi connectivity index (χ3v) is 5.93. The van der Waals surface area contributed by atoms with Gasteiger partial charge >= 0.3 is 0 Å². The number of methoxy groups -OCH3 is 1. The topological polar surface area (TPSA) is 75.7 Å². The van der Waals surface area contributed by atoms with Gasteiger partial charge in [-0.3, -0.25) is 9.52 Å². The highest BCUT2D eigenvalue weighted by atomic mass is 32.2. The molecule has 0 unspecified atom stereocenters. The lowest BCUT2D eigenvalue weighted by Gasteiger charge is -2.28. The van der Waals surface area contributed by atoms with Crippen LogP contribution in [-0.4, -0.2) is 32.9 Å². The van der Waals surface area contributed by atoms with Gasteiger partial charge in [-0.15, -0.1) is 0 Å². The lowest BCUT2D eigenvalue weighted by molar-refractivity contribution is -0.129. The Labute approximate surface area is 153 Å². The molecule has 0 saturated heterocycles. The third kappa shape index (κ3) is 3.67. The third-order valence-electron chi connectivity index (χ3n) is 4.52. The van der Waals surface area contributed by atoms with E-state index in [4.69, 9.17) is 4.74 Å². The minimum absolute atomic E-state index is 0.0196. The monoisotopic (exact) mass is 374 g/mol. The van der Waals surface area contributed by atoms with Crippen LogP contribution in [-0.2, 0) is 27.8 Å². The average molecular weight is 374 g/mol. The zero-order valence-corrected chi connectivity index (χ0v) is 15.9. The summed E-state index contributed by atoms with van der Waals surface area (Å²) in [6.07, 6.45) is 0.771. The molecule has 0 aliphatic carbocycles. The van der Waals surface area contributed by atoms with Crippen LogP contribution in [0, 0.1) is 6.92 Å². The smallest absolute Gasteiger partial charge is 0.265 e. The van der Waals surface area contributed by atoms with Crippen LogP contribution in [0.1, 0.15) is 23.6 Å². The van der Waals surface area contributed by atoms with Crippen molar-refractivity contribution in [3.8, 4) is 5.75 Å². The van der Waals surface area contributed by atoms with E-state index in [1.807, 2.05) is 13.0 Å². The van der Waals surface area contributed by atoms with Crippen molar-refractivity contribution in [2.24, 2.45) is 0 Å². The van der Waals surface area contributed by atoms with Crippen LogP contribution >= 0.6 is 0 Å². The van der Waals surface area contributed by atoms with E-state index >= 15 is 0 Å². The summed E-state index contributed by atoms with van der Waals surface area (Å²) in [5.74, 6) is 0.315. The number of hydrogen-bond donors (Lipinski definition) is 1. The van der Waals surface area contributed by atoms with Gasteiger partial charge in [0.05, 0.1) is 7.11 Å². The molecule has 0 saturated carbocycles. The summed E-state index contributed by atoms with van der Waals surface area (Å²) in [6.45, 7) is 4.55. The first-order valence-corrected chi connectivity index (χ1v) is 9.83. The van der Waals surface area contributed by atoms with Crippen LogP contribution < -0.4 is 9.46 Å². The van der Waals surface area contributed by atoms with Gasteiger partial charge in [-0.1, -0.05) is 12.1 Å². The number of fused-ring (bicyclic) bond motifs is 1. The Bertz CT molecular complexity index is 954. The van der Waals surface area contributed by atoms with Gasteiger partial charge in [-0.25, -0.2) is 8.42 Å². The van der Waals surface area contributed by atoms with E-state index in [-0.39, 0.29) is 10.8 Å². The maximum atomic E-state index is 12.8. The molecular formula is C19H22N2O4S. The van der Waals surface area contributed by atoms with Crippen molar-refractivity contribution < 1.29 is 17.9 Å². The van der Waals surface area contributed by atoms with E-state index in [9.17, 15) is 13.2 Å². The summed E-state index contributed by atoms with van der Waals surface area (Å²) in [6, 6.07) is 10.5. The Hall–Kier alpha value is -2.54. The minimum atomic E-state index is -3.79. The van der Waals surface area contributed by atoms with Gasteiger partial charge in [0.15, 0.2) is 0 Å². The molecule has 1 N–H and O–H groups in total. The first-order chi connectivity index (χ1) is 12.3. The summed E-state index contributed by atoms with van der Waals surface area (Å²) < 4.78 is 33.4. The molecule has 0 fully saturated rings. The molecule has 0 bridgehead atoms. The van der Waals surface area contributed by atoms with Gasteiger partial charge in [-0.2, -0.15) is 0 Å². The summed E-state index contributed by atoms with van der Waals surface area (Å²) in [4.78, 5) is 13.5. The first-order valence-electron chi connectivity index (χ1n) is 8.35. The zero-order valence-electron chi connectivity index (χ0n) is 15.1. The predicted molar refractivity (Wildman–Crippen MR) is 99.8 cm³/mol. The number of hydrogen-bond acceptors (Lipinski definition) is 4. The normalized spacial score (nSPS) is 13.9. The number of carbonyl (C=O) groups is 1. The lowest BCUT2D eigenvalue weighted by atomic mass is 9.99. The maximum absolute atomic E-state index is 12.8. The minimum Gasteiger partial charge on any atom is -0.495 e. The number of rotatable bonds is 4. The number of aryl methyl sites for hydroxylation is 1. The summed E-state index contributed by atoms with van der Waals surface area (Å²) >= 11 is 0. The molecule has 0 radical (unpaired) electrons. The first kappa shape index (κ1) is 18.3. The van der Waals surface area contributed by atoms with Gasteiger partial charge in [0.2, 0.25) is 5.91 Å². The van der Waals surface area contributed by atoms with Crippen molar-refractivity contribution >= 4 is 21.6 Å². The Morgan fingerprint density at radius 1 is 1.15 bits per heavy atom. The lowest BCUT2D eigenvalue weighted by Crippen LogP contribution is -2.34. The molecule has 1 amide bonds. The van der Waals surface area contributed by atoms with Crippen LogP contribution in [0.5, 0.6) is 5.75 Å². The number of sulfonamides is 1. The van der Waals surface area contributed by atoms with Crippen LogP contribution in [0.25, 0.3) is 0 Å². The second-order valence-electron chi connectivity index (χ2n) is 6.43. The van der Waals surface area contributed by atoms with Crippen LogP contribution in [0.4, 0.5) is 5.69 Å². The highest BCUT2D eigenvalue weighted by molar-refractivity contribution is 7.92. The van der Waals surface area contributed by atoms with E-state index in [0.29, 0.717) is 24.5 Å². The second kappa shape index (κ2) is 6.99. The number of nitrogens with zero attached hydrogens (tertiary/aromatic N) is 1. The van der Waals surface area contributed by atoms with Gasteiger partial charge in [-0.05, 0) is 54.3 Å². The van der Waals surface area contributed by atoms with Crippen molar-refractivity contribution in [2.45, 2.75) is 31.7 Å². The molecule has 3 rings (SSSR count). The fraction of sp³-hybridized carbons (Fsp3) is 0.316. The second-order valence-corrected chi connectivity index (χ2v) is 8.08. The highest BCUT2D eigenvalue weighted by Crippen LogP contribution is 2.28. The number of benzene rings is 2. The van der Waals surface area contributed by atoms with Crippen LogP contribution in [0.3, 0.4) is 0 Å². The van der Waals surface area contributed by atoms with E-state index < -0.39 is 10.0 Å². The van der Waals surface area contributed by atoms with Crippen LogP contribution in [0.2, 0.25) is 0 Å². The Morgan fingerprint density at radius 2 is 1.92 bits per heavy atom. The van der Waals surface area contributed by atoms with Crippen molar-refractivity contribution in [1.82, 2.24) is 4.90 Å². The molecule has 0 atom stereocenters. The SMILES string of the molecule is COc1ccc(C)cc1S(=O)(=O)Nc1ccc2c(c1)CN(C(C)=O)CC2. The van der Waals surface area contributed by atoms with Gasteiger partial charge in [0, 0.05) is 25.7 Å². The molecule has 2 aromatic carbocycles. The standard InChI is InChI=1S/C19H22N2O4S/c1-13-4-7-18(25-3)19(10-13)26(23,24)20-17-6-5-15-8-9-21(14(2)22)12-16(15)11-17/h4-7,10-11,20H,8-9,12H2,1-3H3. The Kier molecular flexibility index (Phi) is 4.91. The summed E-state index contributed by atoms with van der Waals surface area (Å²) in [7, 11) is -2.35. The molecule has 26 heavy (non-hydrogen) atoms. The molecule has 0 aromatic heterocycles. The molecule has 138 valence electrons. The Balaban J connectivity index is 1.91. The number of amides is 1. The van der Waals surface area contributed by atoms with Crippen LogP contribution in [0.15, 0.2) is 41.3 Å². The molecular weight excluding hydrogens is 352 g/mol. The number of ether oxygens (including phenoxy) is 1. The quantitative estimate of drug-likeness (QED) is 0.893. The number of carbonyl (C=O) groups excluding carboxylic acids is 1. The van der Waals surface area contributed by atoms with Gasteiger partial charge in [0.1, 0.15) is 10.6 Å². The molecule has 6 nitrogen and oxygen atoms in total. The molecule has 7 heteroatoms. The van der Waals surface area contributed by atoms with E-state index in [1.54, 1.807) is 42.2 Å². The maximum Gasteiger partial charge on any atom is 0.265 e. The number of anilines is 1. The molecule has 2 aromatic rings. The Morgan fingerprint density at radius 3 is 2.62 bits per heavy atom. The van der Waals surface area contributed by atoms with Crippen molar-refractivity contribution in [1.29, 1.82) is 0 Å². The largest absolute Gasteiger partial charge is 0.495 e. The van der Waals surface area contributed by atoms with Crippen molar-refractivity contribution in [3.63, 3.8) is 0 Å². The summed E-state index contributed by atoms with van der Waals surface area (Å²) in [5.41, 5.74) is 3.40. The van der Waals surface area contributed by atoms with E-state index in [0.717, 1.165) is 23.1 Å². The van der Waals surface area contributed by atoms with Crippen molar-refractivity contribution in [2.75, 3.05) is 18.4 Å². The van der Waals surface area contributed by atoms with Gasteiger partial charge < -0.3 is 9.64 Å². The molecule has 1 aliphatic rings. The fourth-order valence-corrected chi connectivity index (χ4v) is 4.40. The molecule has 1 heterocycles. The average Bonchev–Trinajstić information content (AvgIpc) is 2.60. The highest BCUT2D eigenvalue weighted by Gasteiger charge is 2.22. The molecule has 1 aliphatic heterocycles. The predicted octanol–water partition coefficient (Wildman–Crippen LogP) is 2.71. The van der Waals surface area contributed by atoms with Crippen molar-refractivity contribution in [3.05, 3.63) is 53.1 Å².